The summed E-state index contributed by atoms with van der Waals surface area (Å²) in [6, 6.07) is 16.1. The molecule has 1 saturated heterocycles. The number of aryl methyl sites for hydroxylation is 1. The van der Waals surface area contributed by atoms with Gasteiger partial charge in [0, 0.05) is 12.0 Å². The van der Waals surface area contributed by atoms with Gasteiger partial charge in [-0.15, -0.1) is 18.3 Å². The van der Waals surface area contributed by atoms with Crippen molar-refractivity contribution in [3.63, 3.8) is 0 Å². The largest absolute Gasteiger partial charge is 0.573 e. The number of nitrogens with one attached hydrogen (secondary N) is 1. The molecule has 0 aliphatic carbocycles. The van der Waals surface area contributed by atoms with E-state index in [2.05, 4.69) is 25.1 Å². The van der Waals surface area contributed by atoms with Gasteiger partial charge in [-0.05, 0) is 59.9 Å². The number of aliphatic imine (C=N–C) groups is 1. The number of amidine groups is 1. The predicted molar refractivity (Wildman–Crippen MR) is 174 cm³/mol. The second-order valence-electron chi connectivity index (χ2n) is 11.1. The lowest BCUT2D eigenvalue weighted by molar-refractivity contribution is -0.274. The Morgan fingerprint density at radius 3 is 2.42 bits per heavy atom. The van der Waals surface area contributed by atoms with Crippen molar-refractivity contribution in [1.29, 1.82) is 0 Å². The van der Waals surface area contributed by atoms with Crippen LogP contribution in [0.1, 0.15) is 36.5 Å². The van der Waals surface area contributed by atoms with Crippen LogP contribution in [0.25, 0.3) is 17.1 Å². The number of hydrogen-bond donors (Lipinski definition) is 1. The molecule has 0 radical (unpaired) electrons. The second-order valence-corrected chi connectivity index (χ2v) is 12.1. The third-order valence-electron chi connectivity index (χ3n) is 7.27. The van der Waals surface area contributed by atoms with Crippen molar-refractivity contribution in [3.05, 3.63) is 89.7 Å². The number of carbonyl (C=O) groups excluding carboxylic acids is 3. The molecule has 3 aromatic carbocycles. The number of halogens is 3. The molecule has 3 amide bonds. The van der Waals surface area contributed by atoms with E-state index in [1.54, 1.807) is 24.3 Å². The van der Waals surface area contributed by atoms with Gasteiger partial charge < -0.3 is 14.8 Å². The first-order valence-electron chi connectivity index (χ1n) is 14.7. The van der Waals surface area contributed by atoms with Gasteiger partial charge in [0.1, 0.15) is 18.1 Å². The van der Waals surface area contributed by atoms with Crippen molar-refractivity contribution >= 4 is 40.5 Å². The number of carbonyl (C=O) groups is 3. The number of methoxy groups -OCH3 is 1. The van der Waals surface area contributed by atoms with Gasteiger partial charge in [0.25, 0.3) is 0 Å². The van der Waals surface area contributed by atoms with E-state index in [4.69, 9.17) is 4.74 Å². The smallest absolute Gasteiger partial charge is 0.467 e. The van der Waals surface area contributed by atoms with Crippen LogP contribution in [0.15, 0.2) is 78.0 Å². The average molecular weight is 681 g/mol. The third-order valence-corrected chi connectivity index (χ3v) is 8.20. The van der Waals surface area contributed by atoms with Gasteiger partial charge in [0.2, 0.25) is 5.91 Å². The molecule has 1 unspecified atom stereocenters. The molecule has 1 N–H and O–H groups in total. The standard InChI is InChI=1S/C33H31F3N6O5S/c1-19(2)25-14-5-20(3)15-27(25)42-28(43)17-48-32(42)39-31(45)38-26(30(44)46-4)16-21-6-8-22(9-7-21)29-37-18-41(40-29)23-10-12-24(13-11-23)47-33(34,35)36/h5-15,18-19,26H,16-17H2,1-4H3,(H,38,45). The number of aromatic nitrogens is 3. The first kappa shape index (κ1) is 34.2. The summed E-state index contributed by atoms with van der Waals surface area (Å²) < 4.78 is 47.6. The zero-order valence-electron chi connectivity index (χ0n) is 26.3. The fourth-order valence-electron chi connectivity index (χ4n) is 4.97. The van der Waals surface area contributed by atoms with Crippen molar-refractivity contribution in [2.45, 2.75) is 45.5 Å². The Kier molecular flexibility index (Phi) is 10.2. The number of esters is 1. The van der Waals surface area contributed by atoms with E-state index in [0.29, 0.717) is 28.3 Å². The van der Waals surface area contributed by atoms with Gasteiger partial charge in [-0.2, -0.15) is 4.99 Å². The molecule has 1 aliphatic heterocycles. The fraction of sp³-hybridized carbons (Fsp3) is 0.273. The highest BCUT2D eigenvalue weighted by atomic mass is 32.2. The van der Waals surface area contributed by atoms with Crippen LogP contribution < -0.4 is 15.0 Å². The van der Waals surface area contributed by atoms with E-state index < -0.39 is 24.4 Å². The first-order chi connectivity index (χ1) is 22.8. The van der Waals surface area contributed by atoms with Crippen LogP contribution >= 0.6 is 11.8 Å². The topological polar surface area (TPSA) is 128 Å². The average Bonchev–Trinajstić information content (AvgIpc) is 3.67. The molecule has 1 fully saturated rings. The lowest BCUT2D eigenvalue weighted by Crippen LogP contribution is -2.42. The van der Waals surface area contributed by atoms with E-state index in [-0.39, 0.29) is 34.9 Å². The molecule has 1 aliphatic rings. The number of nitrogens with zero attached hydrogens (tertiary/aromatic N) is 5. The van der Waals surface area contributed by atoms with E-state index >= 15 is 0 Å². The molecule has 0 saturated carbocycles. The molecule has 4 aromatic rings. The minimum atomic E-state index is -4.79. The van der Waals surface area contributed by atoms with E-state index in [0.717, 1.165) is 22.9 Å². The van der Waals surface area contributed by atoms with E-state index in [1.165, 1.54) is 47.3 Å². The molecule has 11 nitrogen and oxygen atoms in total. The van der Waals surface area contributed by atoms with Gasteiger partial charge in [0.05, 0.1) is 24.2 Å². The van der Waals surface area contributed by atoms with Crippen LogP contribution in [-0.2, 0) is 20.7 Å². The van der Waals surface area contributed by atoms with Gasteiger partial charge in [-0.3, -0.25) is 9.69 Å². The number of hydrogen-bond acceptors (Lipinski definition) is 8. The summed E-state index contributed by atoms with van der Waals surface area (Å²) in [5.41, 5.74) is 4.37. The molecule has 0 bridgehead atoms. The van der Waals surface area contributed by atoms with Crippen molar-refractivity contribution in [1.82, 2.24) is 20.1 Å². The van der Waals surface area contributed by atoms with Crippen LogP contribution in [0.5, 0.6) is 5.75 Å². The maximum Gasteiger partial charge on any atom is 0.573 e. The van der Waals surface area contributed by atoms with E-state index in [1.807, 2.05) is 39.0 Å². The van der Waals surface area contributed by atoms with Gasteiger partial charge >= 0.3 is 18.4 Å². The molecule has 48 heavy (non-hydrogen) atoms. The van der Waals surface area contributed by atoms with Crippen molar-refractivity contribution in [2.75, 3.05) is 17.8 Å². The Bertz CT molecular complexity index is 1840. The quantitative estimate of drug-likeness (QED) is 0.207. The number of urea groups is 1. The molecular weight excluding hydrogens is 649 g/mol. The highest BCUT2D eigenvalue weighted by Crippen LogP contribution is 2.34. The van der Waals surface area contributed by atoms with Gasteiger partial charge in [0.15, 0.2) is 11.0 Å². The predicted octanol–water partition coefficient (Wildman–Crippen LogP) is 6.19. The summed E-state index contributed by atoms with van der Waals surface area (Å²) in [4.78, 5) is 48.5. The zero-order chi connectivity index (χ0) is 34.6. The van der Waals surface area contributed by atoms with Crippen molar-refractivity contribution in [2.24, 2.45) is 4.99 Å². The monoisotopic (exact) mass is 680 g/mol. The van der Waals surface area contributed by atoms with Crippen molar-refractivity contribution < 1.29 is 37.0 Å². The number of anilines is 1. The molecule has 5 rings (SSSR count). The van der Waals surface area contributed by atoms with Crippen LogP contribution in [0.2, 0.25) is 0 Å². The molecule has 1 aromatic heterocycles. The SMILES string of the molecule is COC(=O)C(Cc1ccc(-c2ncn(-c3ccc(OC(F)(F)F)cc3)n2)cc1)NC(=O)N=C1SCC(=O)N1c1cc(C)ccc1C(C)C. The van der Waals surface area contributed by atoms with Gasteiger partial charge in [-0.1, -0.05) is 62.0 Å². The minimum Gasteiger partial charge on any atom is -0.467 e. The molecular formula is C33H31F3N6O5S. The number of ether oxygens (including phenoxy) is 2. The van der Waals surface area contributed by atoms with Crippen LogP contribution in [0.3, 0.4) is 0 Å². The Morgan fingerprint density at radius 1 is 1.06 bits per heavy atom. The second kappa shape index (κ2) is 14.3. The summed E-state index contributed by atoms with van der Waals surface area (Å²) in [6.07, 6.45) is -3.28. The lowest BCUT2D eigenvalue weighted by atomic mass is 9.99. The molecule has 1 atom stereocenters. The molecule has 0 spiro atoms. The maximum absolute atomic E-state index is 13.1. The molecule has 250 valence electrons. The van der Waals surface area contributed by atoms with Crippen LogP contribution in [-0.4, -0.2) is 63.1 Å². The minimum absolute atomic E-state index is 0.0862. The third kappa shape index (κ3) is 8.20. The maximum atomic E-state index is 13.1. The molecule has 2 heterocycles. The summed E-state index contributed by atoms with van der Waals surface area (Å²) in [6.45, 7) is 5.96. The number of benzene rings is 3. The zero-order valence-corrected chi connectivity index (χ0v) is 27.1. The summed E-state index contributed by atoms with van der Waals surface area (Å²) in [5, 5.41) is 7.22. The summed E-state index contributed by atoms with van der Waals surface area (Å²) >= 11 is 1.14. The number of alkyl halides is 3. The number of thioether (sulfide) groups is 1. The highest BCUT2D eigenvalue weighted by molar-refractivity contribution is 8.15. The Labute approximate surface area is 278 Å². The molecule has 15 heteroatoms. The Morgan fingerprint density at radius 2 is 1.77 bits per heavy atom. The Balaban J connectivity index is 1.28. The van der Waals surface area contributed by atoms with Crippen LogP contribution in [0, 0.1) is 6.92 Å². The lowest BCUT2D eigenvalue weighted by Gasteiger charge is -2.22. The van der Waals surface area contributed by atoms with Crippen LogP contribution in [0.4, 0.5) is 23.7 Å². The van der Waals surface area contributed by atoms with Crippen molar-refractivity contribution in [3.8, 4) is 22.8 Å². The van der Waals surface area contributed by atoms with Gasteiger partial charge in [-0.25, -0.2) is 19.3 Å². The fourth-order valence-corrected chi connectivity index (χ4v) is 5.83. The number of amides is 3. The Hall–Kier alpha value is -5.18. The summed E-state index contributed by atoms with van der Waals surface area (Å²) in [7, 11) is 1.22. The normalized spacial score (nSPS) is 14.8. The van der Waals surface area contributed by atoms with E-state index in [9.17, 15) is 27.6 Å². The number of rotatable bonds is 9. The summed E-state index contributed by atoms with van der Waals surface area (Å²) in [5.74, 6) is -0.621. The highest BCUT2D eigenvalue weighted by Gasteiger charge is 2.33. The first-order valence-corrected chi connectivity index (χ1v) is 15.7.